The van der Waals surface area contributed by atoms with E-state index in [0.717, 1.165) is 4.31 Å². The molecule has 0 saturated carbocycles. The van der Waals surface area contributed by atoms with Crippen LogP contribution < -0.4 is 4.72 Å². The number of nitrogens with one attached hydrogen (secondary N) is 1. The van der Waals surface area contributed by atoms with Crippen molar-refractivity contribution in [3.63, 3.8) is 0 Å². The first-order chi connectivity index (χ1) is 9.05. The zero-order chi connectivity index (χ0) is 15.6. The third-order valence-electron chi connectivity index (χ3n) is 3.17. The van der Waals surface area contributed by atoms with Gasteiger partial charge in [-0.1, -0.05) is 0 Å². The predicted octanol–water partition coefficient (Wildman–Crippen LogP) is -1.58. The summed E-state index contributed by atoms with van der Waals surface area (Å²) in [5.74, 6) is -0.228. The molecule has 0 bridgehead atoms. The van der Waals surface area contributed by atoms with Crippen LogP contribution in [0.4, 0.5) is 0 Å². The highest BCUT2D eigenvalue weighted by molar-refractivity contribution is 7.91. The molecule has 1 atom stereocenters. The summed E-state index contributed by atoms with van der Waals surface area (Å²) in [5.41, 5.74) is 0. The van der Waals surface area contributed by atoms with Crippen molar-refractivity contribution < 1.29 is 21.6 Å². The molecule has 0 spiro atoms. The smallest absolute Gasteiger partial charge is 0.278 e. The molecule has 1 aliphatic rings. The third kappa shape index (κ3) is 4.69. The standard InChI is InChI=1S/C10H21N3O5S2/c1-9(14)13(10-4-7-19(15,16)8-10)6-5-11-20(17,18)12(2)3/h10-11H,4-8H2,1-3H3. The van der Waals surface area contributed by atoms with Crippen LogP contribution in [0, 0.1) is 0 Å². The van der Waals surface area contributed by atoms with Crippen molar-refractivity contribution in [3.05, 3.63) is 0 Å². The monoisotopic (exact) mass is 327 g/mol. The van der Waals surface area contributed by atoms with Crippen molar-refractivity contribution in [2.24, 2.45) is 0 Å². The van der Waals surface area contributed by atoms with E-state index in [1.54, 1.807) is 0 Å². The Morgan fingerprint density at radius 3 is 2.35 bits per heavy atom. The minimum absolute atomic E-state index is 0.0486. The van der Waals surface area contributed by atoms with Crippen molar-refractivity contribution in [2.45, 2.75) is 19.4 Å². The van der Waals surface area contributed by atoms with E-state index in [2.05, 4.69) is 4.72 Å². The topological polar surface area (TPSA) is 104 Å². The molecule has 0 radical (unpaired) electrons. The van der Waals surface area contributed by atoms with E-state index < -0.39 is 20.0 Å². The second-order valence-electron chi connectivity index (χ2n) is 4.95. The largest absolute Gasteiger partial charge is 0.338 e. The molecule has 0 aliphatic carbocycles. The molecule has 0 aromatic carbocycles. The molecule has 1 heterocycles. The summed E-state index contributed by atoms with van der Waals surface area (Å²) < 4.78 is 49.3. The highest BCUT2D eigenvalue weighted by atomic mass is 32.2. The molecule has 10 heteroatoms. The van der Waals surface area contributed by atoms with Crippen LogP contribution in [0.5, 0.6) is 0 Å². The van der Waals surface area contributed by atoms with Gasteiger partial charge in [0.05, 0.1) is 11.5 Å². The van der Waals surface area contributed by atoms with E-state index in [-0.39, 0.29) is 36.5 Å². The first-order valence-electron chi connectivity index (χ1n) is 6.20. The van der Waals surface area contributed by atoms with Crippen LogP contribution in [0.15, 0.2) is 0 Å². The second kappa shape index (κ2) is 6.37. The summed E-state index contributed by atoms with van der Waals surface area (Å²) in [7, 11) is -3.83. The number of hydrogen-bond donors (Lipinski definition) is 1. The summed E-state index contributed by atoms with van der Waals surface area (Å²) >= 11 is 0. The van der Waals surface area contributed by atoms with Gasteiger partial charge in [-0.15, -0.1) is 0 Å². The van der Waals surface area contributed by atoms with Gasteiger partial charge in [-0.25, -0.2) is 13.1 Å². The number of carbonyl (C=O) groups excluding carboxylic acids is 1. The first-order valence-corrected chi connectivity index (χ1v) is 9.46. The SMILES string of the molecule is CC(=O)N(CCNS(=O)(=O)N(C)C)C1CCS(=O)(=O)C1. The van der Waals surface area contributed by atoms with Gasteiger partial charge in [0.25, 0.3) is 10.2 Å². The Bertz CT molecular complexity index is 555. The Hall–Kier alpha value is -0.710. The highest BCUT2D eigenvalue weighted by Gasteiger charge is 2.33. The number of carbonyl (C=O) groups is 1. The van der Waals surface area contributed by atoms with E-state index in [9.17, 15) is 21.6 Å². The summed E-state index contributed by atoms with van der Waals surface area (Å²) in [6.07, 6.45) is 0.405. The van der Waals surface area contributed by atoms with Crippen LogP contribution in [0.2, 0.25) is 0 Å². The molecular formula is C10H21N3O5S2. The molecule has 0 aromatic rings. The molecule has 0 aromatic heterocycles. The number of nitrogens with zero attached hydrogens (tertiary/aromatic N) is 2. The lowest BCUT2D eigenvalue weighted by atomic mass is 10.2. The summed E-state index contributed by atoms with van der Waals surface area (Å²) in [4.78, 5) is 13.0. The molecule has 118 valence electrons. The van der Waals surface area contributed by atoms with E-state index in [4.69, 9.17) is 0 Å². The van der Waals surface area contributed by atoms with Crippen LogP contribution in [0.1, 0.15) is 13.3 Å². The van der Waals surface area contributed by atoms with E-state index >= 15 is 0 Å². The maximum absolute atomic E-state index is 11.6. The Labute approximate surface area is 120 Å². The fraction of sp³-hybridized carbons (Fsp3) is 0.900. The molecule has 8 nitrogen and oxygen atoms in total. The molecule has 1 N–H and O–H groups in total. The highest BCUT2D eigenvalue weighted by Crippen LogP contribution is 2.17. The molecule has 1 saturated heterocycles. The normalized spacial score (nSPS) is 22.1. The van der Waals surface area contributed by atoms with Crippen LogP contribution >= 0.6 is 0 Å². The van der Waals surface area contributed by atoms with Gasteiger partial charge in [-0.3, -0.25) is 4.79 Å². The van der Waals surface area contributed by atoms with Gasteiger partial charge in [0, 0.05) is 40.2 Å². The predicted molar refractivity (Wildman–Crippen MR) is 75.1 cm³/mol. The van der Waals surface area contributed by atoms with Gasteiger partial charge in [-0.05, 0) is 6.42 Å². The number of amides is 1. The van der Waals surface area contributed by atoms with Gasteiger partial charge in [-0.2, -0.15) is 12.7 Å². The van der Waals surface area contributed by atoms with E-state index in [1.165, 1.54) is 25.9 Å². The van der Waals surface area contributed by atoms with Crippen molar-refractivity contribution in [2.75, 3.05) is 38.7 Å². The lowest BCUT2D eigenvalue weighted by molar-refractivity contribution is -0.130. The second-order valence-corrected chi connectivity index (χ2v) is 9.15. The van der Waals surface area contributed by atoms with Crippen LogP contribution in [-0.2, 0) is 24.8 Å². The van der Waals surface area contributed by atoms with Crippen molar-refractivity contribution in [1.82, 2.24) is 13.9 Å². The maximum Gasteiger partial charge on any atom is 0.278 e. The van der Waals surface area contributed by atoms with Gasteiger partial charge in [0.1, 0.15) is 0 Å². The molecule has 1 rings (SSSR count). The van der Waals surface area contributed by atoms with Crippen molar-refractivity contribution >= 4 is 26.0 Å². The van der Waals surface area contributed by atoms with Crippen LogP contribution in [0.25, 0.3) is 0 Å². The molecule has 1 fully saturated rings. The minimum Gasteiger partial charge on any atom is -0.338 e. The van der Waals surface area contributed by atoms with Crippen LogP contribution in [-0.4, -0.2) is 76.7 Å². The molecule has 1 aliphatic heterocycles. The average molecular weight is 327 g/mol. The quantitative estimate of drug-likeness (QED) is 0.634. The number of rotatable bonds is 6. The fourth-order valence-electron chi connectivity index (χ4n) is 2.04. The number of hydrogen-bond acceptors (Lipinski definition) is 5. The van der Waals surface area contributed by atoms with E-state index in [0.29, 0.717) is 6.42 Å². The summed E-state index contributed by atoms with van der Waals surface area (Å²) in [5, 5.41) is 0. The molecule has 1 amide bonds. The average Bonchev–Trinajstić information content (AvgIpc) is 2.64. The van der Waals surface area contributed by atoms with Gasteiger partial charge in [0.15, 0.2) is 9.84 Å². The van der Waals surface area contributed by atoms with Crippen molar-refractivity contribution in [3.8, 4) is 0 Å². The van der Waals surface area contributed by atoms with Gasteiger partial charge in [0.2, 0.25) is 5.91 Å². The number of sulfone groups is 1. The first kappa shape index (κ1) is 17.3. The lowest BCUT2D eigenvalue weighted by Crippen LogP contribution is -2.45. The fourth-order valence-corrected chi connectivity index (χ4v) is 4.38. The zero-order valence-corrected chi connectivity index (χ0v) is 13.5. The van der Waals surface area contributed by atoms with Gasteiger partial charge < -0.3 is 4.90 Å². The minimum atomic E-state index is -3.54. The Balaban J connectivity index is 2.60. The Morgan fingerprint density at radius 2 is 1.95 bits per heavy atom. The Kier molecular flexibility index (Phi) is 5.53. The zero-order valence-electron chi connectivity index (χ0n) is 11.9. The van der Waals surface area contributed by atoms with Crippen molar-refractivity contribution in [1.29, 1.82) is 0 Å². The maximum atomic E-state index is 11.6. The van der Waals surface area contributed by atoms with Crippen LogP contribution in [0.3, 0.4) is 0 Å². The molecular weight excluding hydrogens is 306 g/mol. The Morgan fingerprint density at radius 1 is 1.35 bits per heavy atom. The lowest BCUT2D eigenvalue weighted by Gasteiger charge is -2.27. The third-order valence-corrected chi connectivity index (χ3v) is 6.45. The molecule has 20 heavy (non-hydrogen) atoms. The summed E-state index contributed by atoms with van der Waals surface area (Å²) in [6.45, 7) is 1.56. The van der Waals surface area contributed by atoms with Gasteiger partial charge >= 0.3 is 0 Å². The van der Waals surface area contributed by atoms with E-state index in [1.807, 2.05) is 0 Å². The summed E-state index contributed by atoms with van der Waals surface area (Å²) in [6, 6.07) is -0.360. The molecule has 1 unspecified atom stereocenters.